The maximum atomic E-state index is 12.4. The molecule has 0 saturated carbocycles. The smallest absolute Gasteiger partial charge is 0.277 e. The molecule has 28 heavy (non-hydrogen) atoms. The molecule has 0 aliphatic carbocycles. The second kappa shape index (κ2) is 9.90. The van der Waals surface area contributed by atoms with Crippen LogP contribution in [0, 0.1) is 9.49 Å². The van der Waals surface area contributed by atoms with Crippen LogP contribution in [-0.4, -0.2) is 52.0 Å². The monoisotopic (exact) mass is 561 g/mol. The molecule has 1 atom stereocenters. The number of aromatic nitrogens is 3. The van der Waals surface area contributed by atoms with Gasteiger partial charge in [0.2, 0.25) is 0 Å². The van der Waals surface area contributed by atoms with E-state index in [1.807, 2.05) is 6.92 Å². The van der Waals surface area contributed by atoms with Crippen LogP contribution < -0.4 is 10.2 Å². The molecule has 2 aromatic rings. The number of halogens is 2. The van der Waals surface area contributed by atoms with Gasteiger partial charge in [0.25, 0.3) is 5.91 Å². The van der Waals surface area contributed by atoms with Gasteiger partial charge in [-0.2, -0.15) is 0 Å². The normalized spacial score (nSPS) is 16.1. The molecule has 3 rings (SSSR count). The van der Waals surface area contributed by atoms with E-state index >= 15 is 0 Å². The largest absolute Gasteiger partial charge is 0.368 e. The number of aliphatic hydroxyl groups excluding tert-OH is 1. The summed E-state index contributed by atoms with van der Waals surface area (Å²) in [6, 6.07) is 1.74. The van der Waals surface area contributed by atoms with Gasteiger partial charge in [0.05, 0.1) is 12.4 Å². The Hall–Kier alpha value is -1.37. The third-order valence-electron chi connectivity index (χ3n) is 4.53. The second-order valence-corrected chi connectivity index (χ2v) is 8.38. The van der Waals surface area contributed by atoms with Crippen molar-refractivity contribution in [3.05, 3.63) is 38.4 Å². The Morgan fingerprint density at radius 1 is 1.36 bits per heavy atom. The molecule has 10 heteroatoms. The highest BCUT2D eigenvalue weighted by molar-refractivity contribution is 14.1. The number of nitrogens with one attached hydrogen (secondary N) is 1. The van der Waals surface area contributed by atoms with Crippen LogP contribution >= 0.6 is 38.5 Å². The fourth-order valence-electron chi connectivity index (χ4n) is 2.99. The number of aliphatic hydroxyl groups is 1. The molecule has 2 aromatic heterocycles. The molecule has 1 unspecified atom stereocenters. The molecule has 1 aliphatic rings. The Kier molecular flexibility index (Phi) is 7.55. The van der Waals surface area contributed by atoms with Gasteiger partial charge in [0, 0.05) is 39.9 Å². The Morgan fingerprint density at radius 3 is 2.71 bits per heavy atom. The lowest BCUT2D eigenvalue weighted by atomic mass is 9.96. The number of rotatable bonds is 6. The number of ether oxygens (including phenoxy) is 1. The van der Waals surface area contributed by atoms with E-state index < -0.39 is 6.29 Å². The minimum Gasteiger partial charge on any atom is -0.368 e. The van der Waals surface area contributed by atoms with Crippen molar-refractivity contribution in [2.45, 2.75) is 26.1 Å². The summed E-state index contributed by atoms with van der Waals surface area (Å²) in [5.41, 5.74) is 0.224. The van der Waals surface area contributed by atoms with Gasteiger partial charge in [-0.1, -0.05) is 0 Å². The van der Waals surface area contributed by atoms with Crippen LogP contribution in [0.2, 0.25) is 0 Å². The van der Waals surface area contributed by atoms with Gasteiger partial charge in [-0.3, -0.25) is 4.79 Å². The minimum atomic E-state index is -0.709. The van der Waals surface area contributed by atoms with Gasteiger partial charge in [-0.05, 0) is 64.4 Å². The number of nitrogens with zero attached hydrogens (tertiary/aromatic N) is 4. The average molecular weight is 562 g/mol. The molecule has 1 fully saturated rings. The second-order valence-electron chi connectivity index (χ2n) is 6.37. The minimum absolute atomic E-state index is 0.134. The summed E-state index contributed by atoms with van der Waals surface area (Å²) < 4.78 is 7.10. The van der Waals surface area contributed by atoms with Gasteiger partial charge < -0.3 is 20.1 Å². The van der Waals surface area contributed by atoms with Crippen LogP contribution in [0.5, 0.6) is 0 Å². The number of carbonyl (C=O) groups is 1. The van der Waals surface area contributed by atoms with Crippen LogP contribution in [0.25, 0.3) is 0 Å². The first-order valence-corrected chi connectivity index (χ1v) is 10.8. The first-order chi connectivity index (χ1) is 13.5. The van der Waals surface area contributed by atoms with Gasteiger partial charge in [0.1, 0.15) is 17.3 Å². The third-order valence-corrected chi connectivity index (χ3v) is 6.78. The molecule has 1 amide bonds. The highest BCUT2D eigenvalue weighted by Gasteiger charge is 2.26. The molecule has 0 aromatic carbocycles. The third kappa shape index (κ3) is 5.37. The highest BCUT2D eigenvalue weighted by Crippen LogP contribution is 2.24. The lowest BCUT2D eigenvalue weighted by Crippen LogP contribution is -2.39. The molecule has 150 valence electrons. The quantitative estimate of drug-likeness (QED) is 0.413. The van der Waals surface area contributed by atoms with E-state index in [0.717, 1.165) is 39.8 Å². The number of piperidine rings is 1. The molecule has 8 nitrogen and oxygen atoms in total. The zero-order valence-electron chi connectivity index (χ0n) is 15.3. The molecule has 1 aliphatic heterocycles. The highest BCUT2D eigenvalue weighted by atomic mass is 127. The fourth-order valence-corrected chi connectivity index (χ4v) is 3.60. The predicted octanol–water partition coefficient (Wildman–Crippen LogP) is 3.06. The van der Waals surface area contributed by atoms with Gasteiger partial charge in [0.15, 0.2) is 6.29 Å². The number of hydrogen-bond acceptors (Lipinski definition) is 7. The number of hydrogen-bond donors (Lipinski definition) is 2. The first-order valence-electron chi connectivity index (χ1n) is 8.97. The zero-order valence-corrected chi connectivity index (χ0v) is 19.1. The zero-order chi connectivity index (χ0) is 20.1. The van der Waals surface area contributed by atoms with E-state index in [-0.39, 0.29) is 17.5 Å². The summed E-state index contributed by atoms with van der Waals surface area (Å²) in [6.07, 6.45) is 5.66. The maximum Gasteiger partial charge on any atom is 0.277 e. The van der Waals surface area contributed by atoms with Gasteiger partial charge >= 0.3 is 0 Å². The summed E-state index contributed by atoms with van der Waals surface area (Å²) in [5, 5.41) is 12.7. The molecule has 0 bridgehead atoms. The first kappa shape index (κ1) is 21.3. The summed E-state index contributed by atoms with van der Waals surface area (Å²) >= 11 is 5.56. The Bertz CT molecular complexity index is 815. The van der Waals surface area contributed by atoms with Crippen LogP contribution in [0.15, 0.2) is 29.1 Å². The average Bonchev–Trinajstić information content (AvgIpc) is 2.71. The van der Waals surface area contributed by atoms with E-state index in [1.165, 1.54) is 6.20 Å². The lowest BCUT2D eigenvalue weighted by Gasteiger charge is -2.34. The number of anilines is 2. The Balaban J connectivity index is 1.57. The molecule has 1 saturated heterocycles. The van der Waals surface area contributed by atoms with Crippen molar-refractivity contribution >= 4 is 56.1 Å². The van der Waals surface area contributed by atoms with E-state index in [0.29, 0.717) is 12.4 Å². The van der Waals surface area contributed by atoms with E-state index in [1.54, 1.807) is 18.5 Å². The number of carbonyl (C=O) groups excluding carboxylic acids is 1. The van der Waals surface area contributed by atoms with Crippen molar-refractivity contribution < 1.29 is 14.6 Å². The van der Waals surface area contributed by atoms with Crippen LogP contribution in [0.3, 0.4) is 0 Å². The lowest BCUT2D eigenvalue weighted by molar-refractivity contribution is -0.134. The molecular weight excluding hydrogens is 541 g/mol. The number of amides is 1. The van der Waals surface area contributed by atoms with Crippen LogP contribution in [-0.2, 0) is 4.74 Å². The summed E-state index contributed by atoms with van der Waals surface area (Å²) in [7, 11) is 0. The van der Waals surface area contributed by atoms with E-state index in [2.05, 4.69) is 63.7 Å². The molecule has 3 heterocycles. The van der Waals surface area contributed by atoms with Gasteiger partial charge in [-0.15, -0.1) is 0 Å². The van der Waals surface area contributed by atoms with Crippen LogP contribution in [0.1, 0.15) is 30.3 Å². The van der Waals surface area contributed by atoms with Crippen molar-refractivity contribution in [3.63, 3.8) is 0 Å². The van der Waals surface area contributed by atoms with Crippen molar-refractivity contribution in [2.75, 3.05) is 29.9 Å². The predicted molar refractivity (Wildman–Crippen MR) is 117 cm³/mol. The Morgan fingerprint density at radius 2 is 2.11 bits per heavy atom. The maximum absolute atomic E-state index is 12.4. The standard InChI is InChI=1S/C18H21BrIN5O3/c1-2-28-18(27)11-3-5-25(6-4-11)16-10-21-14(9-23-16)17(26)24-15-7-12(19)13(20)8-22-15/h7-11,18,27H,2-6H2,1H3,(H,22,24,26). The van der Waals surface area contributed by atoms with Crippen LogP contribution in [0.4, 0.5) is 11.6 Å². The van der Waals surface area contributed by atoms with Crippen molar-refractivity contribution in [1.82, 2.24) is 15.0 Å². The molecule has 2 N–H and O–H groups in total. The summed E-state index contributed by atoms with van der Waals surface area (Å²) in [6.45, 7) is 3.90. The van der Waals surface area contributed by atoms with Crippen molar-refractivity contribution in [3.8, 4) is 0 Å². The van der Waals surface area contributed by atoms with E-state index in [4.69, 9.17) is 4.74 Å². The summed E-state index contributed by atoms with van der Waals surface area (Å²) in [4.78, 5) is 27.2. The Labute approximate surface area is 185 Å². The fraction of sp³-hybridized carbons (Fsp3) is 0.444. The van der Waals surface area contributed by atoms with E-state index in [9.17, 15) is 9.90 Å². The van der Waals surface area contributed by atoms with Crippen molar-refractivity contribution in [2.24, 2.45) is 5.92 Å². The number of pyridine rings is 1. The van der Waals surface area contributed by atoms with Crippen molar-refractivity contribution in [1.29, 1.82) is 0 Å². The topological polar surface area (TPSA) is 100 Å². The van der Waals surface area contributed by atoms with Gasteiger partial charge in [-0.25, -0.2) is 15.0 Å². The molecular formula is C18H21BrIN5O3. The molecule has 0 radical (unpaired) electrons. The molecule has 0 spiro atoms. The summed E-state index contributed by atoms with van der Waals surface area (Å²) in [5.74, 6) is 0.933. The SMILES string of the molecule is CCOC(O)C1CCN(c2cnc(C(=O)Nc3cc(Br)c(I)cn3)cn2)CC1.